The summed E-state index contributed by atoms with van der Waals surface area (Å²) in [6.07, 6.45) is 1.40. The lowest BCUT2D eigenvalue weighted by atomic mass is 10.2. The van der Waals surface area contributed by atoms with E-state index in [4.69, 9.17) is 10.00 Å². The van der Waals surface area contributed by atoms with Crippen LogP contribution < -0.4 is 4.72 Å². The summed E-state index contributed by atoms with van der Waals surface area (Å²) in [5.74, 6) is 0. The van der Waals surface area contributed by atoms with Crippen LogP contribution in [0.2, 0.25) is 0 Å². The van der Waals surface area contributed by atoms with Crippen molar-refractivity contribution in [3.8, 4) is 6.07 Å². The molecule has 0 aliphatic carbocycles. The van der Waals surface area contributed by atoms with Gasteiger partial charge in [0.1, 0.15) is 0 Å². The Balaban J connectivity index is 2.25. The molecule has 1 aliphatic heterocycles. The van der Waals surface area contributed by atoms with E-state index < -0.39 is 10.2 Å². The second-order valence-corrected chi connectivity index (χ2v) is 7.36. The maximum Gasteiger partial charge on any atom is 0.279 e. The smallest absolute Gasteiger partial charge is 0.279 e. The van der Waals surface area contributed by atoms with E-state index in [1.807, 2.05) is 6.07 Å². The van der Waals surface area contributed by atoms with Crippen LogP contribution in [-0.2, 0) is 14.9 Å². The number of nitrogens with one attached hydrogen (secondary N) is 1. The fraction of sp³-hybridized carbons (Fsp3) is 0.923. The molecule has 8 heteroatoms. The third kappa shape index (κ3) is 6.72. The van der Waals surface area contributed by atoms with Gasteiger partial charge < -0.3 is 4.74 Å². The average Bonchev–Trinajstić information content (AvgIpc) is 2.40. The average molecular weight is 318 g/mol. The van der Waals surface area contributed by atoms with Gasteiger partial charge in [-0.1, -0.05) is 0 Å². The summed E-state index contributed by atoms with van der Waals surface area (Å²) >= 11 is 0. The van der Waals surface area contributed by atoms with Crippen LogP contribution in [0.5, 0.6) is 0 Å². The Kier molecular flexibility index (Phi) is 7.56. The normalized spacial score (nSPS) is 24.1. The maximum absolute atomic E-state index is 11.9. The Hall–Kier alpha value is -0.720. The summed E-state index contributed by atoms with van der Waals surface area (Å²) < 4.78 is 33.1. The molecule has 0 amide bonds. The van der Waals surface area contributed by atoms with Gasteiger partial charge in [-0.05, 0) is 26.8 Å². The van der Waals surface area contributed by atoms with Crippen LogP contribution in [0.3, 0.4) is 0 Å². The molecule has 1 rings (SSSR count). The molecule has 0 saturated carbocycles. The van der Waals surface area contributed by atoms with E-state index in [1.54, 1.807) is 0 Å². The first-order valence-corrected chi connectivity index (χ1v) is 8.75. The van der Waals surface area contributed by atoms with E-state index in [1.165, 1.54) is 11.4 Å². The number of hydrogen-bond acceptors (Lipinski definition) is 5. The standard InChI is InChI=1S/C13H26N4O3S/c1-12-10-17(11-13(2)20-12)9-5-7-15-21(18,19)16(3)8-4-6-14/h12-13,15H,4-5,7-11H2,1-3H3. The Morgan fingerprint density at radius 2 is 2.00 bits per heavy atom. The molecular formula is C13H26N4O3S. The summed E-state index contributed by atoms with van der Waals surface area (Å²) in [5, 5.41) is 8.47. The zero-order chi connectivity index (χ0) is 15.9. The highest BCUT2D eigenvalue weighted by atomic mass is 32.2. The first-order valence-electron chi connectivity index (χ1n) is 7.31. The molecule has 0 aromatic rings. The second kappa shape index (κ2) is 8.66. The van der Waals surface area contributed by atoms with Gasteiger partial charge in [0.15, 0.2) is 0 Å². The number of rotatable bonds is 8. The lowest BCUT2D eigenvalue weighted by Gasteiger charge is -2.35. The van der Waals surface area contributed by atoms with Crippen LogP contribution in [0, 0.1) is 11.3 Å². The largest absolute Gasteiger partial charge is 0.373 e. The van der Waals surface area contributed by atoms with Crippen molar-refractivity contribution in [2.24, 2.45) is 0 Å². The molecule has 1 aliphatic rings. The van der Waals surface area contributed by atoms with Gasteiger partial charge in [0.05, 0.1) is 18.3 Å². The van der Waals surface area contributed by atoms with Crippen LogP contribution in [-0.4, -0.2) is 69.6 Å². The fourth-order valence-electron chi connectivity index (χ4n) is 2.41. The molecule has 0 aromatic heterocycles. The van der Waals surface area contributed by atoms with Crippen LogP contribution in [0.15, 0.2) is 0 Å². The molecule has 2 unspecified atom stereocenters. The van der Waals surface area contributed by atoms with E-state index in [2.05, 4.69) is 23.5 Å². The van der Waals surface area contributed by atoms with Gasteiger partial charge in [0.2, 0.25) is 0 Å². The molecule has 0 bridgehead atoms. The van der Waals surface area contributed by atoms with Gasteiger partial charge in [-0.3, -0.25) is 4.90 Å². The molecule has 1 saturated heterocycles. The number of nitrogens with zero attached hydrogens (tertiary/aromatic N) is 3. The minimum Gasteiger partial charge on any atom is -0.373 e. The highest BCUT2D eigenvalue weighted by Gasteiger charge is 2.22. The van der Waals surface area contributed by atoms with Crippen molar-refractivity contribution in [1.29, 1.82) is 5.26 Å². The molecule has 122 valence electrons. The monoisotopic (exact) mass is 318 g/mol. The summed E-state index contributed by atoms with van der Waals surface area (Å²) in [6, 6.07) is 1.94. The van der Waals surface area contributed by atoms with Crippen LogP contribution in [0.25, 0.3) is 0 Å². The van der Waals surface area contributed by atoms with E-state index in [9.17, 15) is 8.42 Å². The fourth-order valence-corrected chi connectivity index (χ4v) is 3.36. The number of ether oxygens (including phenoxy) is 1. The SMILES string of the molecule is CC1CN(CCCNS(=O)(=O)N(C)CCC#N)CC(C)O1. The van der Waals surface area contributed by atoms with E-state index in [-0.39, 0.29) is 25.2 Å². The second-order valence-electron chi connectivity index (χ2n) is 5.50. The third-order valence-corrected chi connectivity index (χ3v) is 4.95. The molecule has 7 nitrogen and oxygen atoms in total. The van der Waals surface area contributed by atoms with E-state index in [0.29, 0.717) is 6.54 Å². The molecule has 1 fully saturated rings. The van der Waals surface area contributed by atoms with Gasteiger partial charge in [-0.25, -0.2) is 4.72 Å². The zero-order valence-electron chi connectivity index (χ0n) is 13.1. The molecule has 2 atom stereocenters. The van der Waals surface area contributed by atoms with Crippen LogP contribution >= 0.6 is 0 Å². The van der Waals surface area contributed by atoms with Gasteiger partial charge in [-0.2, -0.15) is 18.0 Å². The van der Waals surface area contributed by atoms with Crippen molar-refractivity contribution in [1.82, 2.24) is 13.9 Å². The Morgan fingerprint density at radius 3 is 2.57 bits per heavy atom. The van der Waals surface area contributed by atoms with E-state index >= 15 is 0 Å². The Morgan fingerprint density at radius 1 is 1.38 bits per heavy atom. The van der Waals surface area contributed by atoms with Crippen molar-refractivity contribution in [2.75, 3.05) is 39.8 Å². The van der Waals surface area contributed by atoms with Crippen molar-refractivity contribution >= 4 is 10.2 Å². The number of hydrogen-bond donors (Lipinski definition) is 1. The third-order valence-electron chi connectivity index (χ3n) is 3.38. The molecule has 1 heterocycles. The molecule has 0 aromatic carbocycles. The van der Waals surface area contributed by atoms with Crippen LogP contribution in [0.4, 0.5) is 0 Å². The molecular weight excluding hydrogens is 292 g/mol. The van der Waals surface area contributed by atoms with Crippen molar-refractivity contribution in [2.45, 2.75) is 38.9 Å². The van der Waals surface area contributed by atoms with Crippen molar-refractivity contribution < 1.29 is 13.2 Å². The quantitative estimate of drug-likeness (QED) is 0.645. The van der Waals surface area contributed by atoms with Gasteiger partial charge >= 0.3 is 0 Å². The summed E-state index contributed by atoms with van der Waals surface area (Å²) in [4.78, 5) is 2.30. The van der Waals surface area contributed by atoms with E-state index in [0.717, 1.165) is 26.1 Å². The maximum atomic E-state index is 11.9. The lowest BCUT2D eigenvalue weighted by Crippen LogP contribution is -2.46. The van der Waals surface area contributed by atoms with Crippen molar-refractivity contribution in [3.05, 3.63) is 0 Å². The summed E-state index contributed by atoms with van der Waals surface area (Å²) in [6.45, 7) is 7.34. The van der Waals surface area contributed by atoms with Crippen molar-refractivity contribution in [3.63, 3.8) is 0 Å². The predicted molar refractivity (Wildman–Crippen MR) is 80.8 cm³/mol. The Labute approximate surface area is 128 Å². The highest BCUT2D eigenvalue weighted by molar-refractivity contribution is 7.87. The summed E-state index contributed by atoms with van der Waals surface area (Å²) in [7, 11) is -1.99. The van der Waals surface area contributed by atoms with Crippen LogP contribution in [0.1, 0.15) is 26.7 Å². The van der Waals surface area contributed by atoms with Gasteiger partial charge in [-0.15, -0.1) is 0 Å². The first kappa shape index (κ1) is 18.3. The first-order chi connectivity index (χ1) is 9.85. The summed E-state index contributed by atoms with van der Waals surface area (Å²) in [5.41, 5.74) is 0. The molecule has 21 heavy (non-hydrogen) atoms. The zero-order valence-corrected chi connectivity index (χ0v) is 13.9. The minimum absolute atomic E-state index is 0.195. The lowest BCUT2D eigenvalue weighted by molar-refractivity contribution is -0.0679. The molecule has 1 N–H and O–H groups in total. The number of nitriles is 1. The predicted octanol–water partition coefficient (Wildman–Crippen LogP) is 0.166. The highest BCUT2D eigenvalue weighted by Crippen LogP contribution is 2.10. The van der Waals surface area contributed by atoms with Gasteiger partial charge in [0.25, 0.3) is 10.2 Å². The molecule has 0 radical (unpaired) electrons. The topological polar surface area (TPSA) is 85.7 Å². The molecule has 0 spiro atoms. The Bertz CT molecular complexity index is 439. The van der Waals surface area contributed by atoms with Gasteiger partial charge in [0, 0.05) is 39.6 Å². The number of morpholine rings is 1. The minimum atomic E-state index is -3.47.